The third kappa shape index (κ3) is 4.69. The van der Waals surface area contributed by atoms with E-state index in [0.717, 1.165) is 12.0 Å². The van der Waals surface area contributed by atoms with Crippen molar-refractivity contribution < 1.29 is 9.59 Å². The zero-order valence-corrected chi connectivity index (χ0v) is 14.5. The van der Waals surface area contributed by atoms with Gasteiger partial charge in [0.1, 0.15) is 0 Å². The monoisotopic (exact) mass is 324 g/mol. The second-order valence-electron chi connectivity index (χ2n) is 6.01. The van der Waals surface area contributed by atoms with Crippen molar-refractivity contribution in [2.75, 3.05) is 7.05 Å². The summed E-state index contributed by atoms with van der Waals surface area (Å²) in [7, 11) is 1.77. The molecule has 4 heteroatoms. The van der Waals surface area contributed by atoms with Gasteiger partial charge >= 0.3 is 0 Å². The number of amides is 2. The van der Waals surface area contributed by atoms with Crippen molar-refractivity contribution in [1.29, 1.82) is 0 Å². The highest BCUT2D eigenvalue weighted by molar-refractivity contribution is 5.99. The summed E-state index contributed by atoms with van der Waals surface area (Å²) in [6.07, 6.45) is 0.865. The fourth-order valence-electron chi connectivity index (χ4n) is 2.35. The maximum absolute atomic E-state index is 12.6. The summed E-state index contributed by atoms with van der Waals surface area (Å²) >= 11 is 0. The first-order valence-electron chi connectivity index (χ1n) is 8.21. The molecule has 0 radical (unpaired) electrons. The molecule has 0 aromatic heterocycles. The molecule has 0 aliphatic rings. The van der Waals surface area contributed by atoms with Crippen molar-refractivity contribution in [3.05, 3.63) is 71.3 Å². The predicted octanol–water partition coefficient (Wildman–Crippen LogP) is 3.49. The number of benzene rings is 2. The average molecular weight is 324 g/mol. The van der Waals surface area contributed by atoms with Gasteiger partial charge in [0.15, 0.2) is 0 Å². The first kappa shape index (κ1) is 17.7. The van der Waals surface area contributed by atoms with Gasteiger partial charge in [-0.1, -0.05) is 43.3 Å². The molecule has 0 aliphatic heterocycles. The van der Waals surface area contributed by atoms with Gasteiger partial charge < -0.3 is 10.2 Å². The van der Waals surface area contributed by atoms with E-state index in [1.807, 2.05) is 44.2 Å². The van der Waals surface area contributed by atoms with Crippen LogP contribution in [0.15, 0.2) is 54.6 Å². The van der Waals surface area contributed by atoms with Crippen LogP contribution in [0.3, 0.4) is 0 Å². The number of carbonyl (C=O) groups excluding carboxylic acids is 2. The van der Waals surface area contributed by atoms with E-state index in [2.05, 4.69) is 5.32 Å². The Morgan fingerprint density at radius 2 is 1.71 bits per heavy atom. The lowest BCUT2D eigenvalue weighted by Crippen LogP contribution is -2.32. The molecule has 4 nitrogen and oxygen atoms in total. The third-order valence-electron chi connectivity index (χ3n) is 3.97. The van der Waals surface area contributed by atoms with Crippen LogP contribution in [0.25, 0.3) is 0 Å². The van der Waals surface area contributed by atoms with E-state index in [1.165, 1.54) is 0 Å². The Balaban J connectivity index is 2.09. The Hall–Kier alpha value is -2.62. The maximum Gasteiger partial charge on any atom is 0.253 e. The Morgan fingerprint density at radius 1 is 1.04 bits per heavy atom. The molecule has 24 heavy (non-hydrogen) atoms. The molecule has 2 aromatic rings. The lowest BCUT2D eigenvalue weighted by Gasteiger charge is -2.18. The lowest BCUT2D eigenvalue weighted by molar-refractivity contribution is 0.0785. The molecule has 126 valence electrons. The summed E-state index contributed by atoms with van der Waals surface area (Å²) in [4.78, 5) is 26.5. The van der Waals surface area contributed by atoms with Gasteiger partial charge in [-0.15, -0.1) is 0 Å². The normalized spacial score (nSPS) is 11.6. The molecule has 0 heterocycles. The lowest BCUT2D eigenvalue weighted by atomic mass is 10.1. The number of nitrogens with zero attached hydrogens (tertiary/aromatic N) is 1. The Bertz CT molecular complexity index is 698. The van der Waals surface area contributed by atoms with Crippen LogP contribution in [0.1, 0.15) is 46.5 Å². The van der Waals surface area contributed by atoms with Crippen LogP contribution >= 0.6 is 0 Å². The van der Waals surface area contributed by atoms with Gasteiger partial charge in [0, 0.05) is 30.8 Å². The molecule has 2 amide bonds. The van der Waals surface area contributed by atoms with Gasteiger partial charge in [-0.25, -0.2) is 0 Å². The van der Waals surface area contributed by atoms with Crippen LogP contribution in [0.2, 0.25) is 0 Å². The molecule has 0 saturated carbocycles. The minimum absolute atomic E-state index is 0.1000. The number of nitrogens with one attached hydrogen (secondary N) is 1. The fraction of sp³-hybridized carbons (Fsp3) is 0.300. The predicted molar refractivity (Wildman–Crippen MR) is 95.9 cm³/mol. The molecular formula is C20H24N2O2. The molecule has 0 aliphatic carbocycles. The highest BCUT2D eigenvalue weighted by Gasteiger charge is 2.15. The number of hydrogen-bond acceptors (Lipinski definition) is 2. The summed E-state index contributed by atoms with van der Waals surface area (Å²) < 4.78 is 0. The van der Waals surface area contributed by atoms with Crippen LogP contribution in [-0.2, 0) is 6.54 Å². The van der Waals surface area contributed by atoms with Crippen LogP contribution < -0.4 is 5.32 Å². The van der Waals surface area contributed by atoms with E-state index in [-0.39, 0.29) is 17.9 Å². The Labute approximate surface area is 143 Å². The third-order valence-corrected chi connectivity index (χ3v) is 3.97. The molecule has 0 spiro atoms. The largest absolute Gasteiger partial charge is 0.350 e. The summed E-state index contributed by atoms with van der Waals surface area (Å²) in [6.45, 7) is 4.51. The standard InChI is InChI=1S/C20H24N2O2/c1-4-15(2)21-19(23)17-11-8-12-18(13-17)20(24)22(3)14-16-9-6-5-7-10-16/h5-13,15H,4,14H2,1-3H3,(H,21,23). The Kier molecular flexibility index (Phi) is 6.13. The zero-order valence-electron chi connectivity index (χ0n) is 14.5. The van der Waals surface area contributed by atoms with Gasteiger partial charge in [0.25, 0.3) is 11.8 Å². The molecule has 0 bridgehead atoms. The van der Waals surface area contributed by atoms with Crippen molar-refractivity contribution >= 4 is 11.8 Å². The van der Waals surface area contributed by atoms with E-state index in [1.54, 1.807) is 36.2 Å². The average Bonchev–Trinajstić information content (AvgIpc) is 2.61. The second-order valence-corrected chi connectivity index (χ2v) is 6.01. The molecule has 1 unspecified atom stereocenters. The Morgan fingerprint density at radius 3 is 2.38 bits per heavy atom. The summed E-state index contributed by atoms with van der Waals surface area (Å²) in [5.41, 5.74) is 2.10. The molecule has 1 atom stereocenters. The van der Waals surface area contributed by atoms with Gasteiger partial charge in [-0.05, 0) is 37.1 Å². The smallest absolute Gasteiger partial charge is 0.253 e. The quantitative estimate of drug-likeness (QED) is 0.884. The van der Waals surface area contributed by atoms with Crippen LogP contribution in [0.5, 0.6) is 0 Å². The van der Waals surface area contributed by atoms with Crippen molar-refractivity contribution in [2.24, 2.45) is 0 Å². The van der Waals surface area contributed by atoms with Crippen LogP contribution in [0, 0.1) is 0 Å². The first-order chi connectivity index (χ1) is 11.5. The minimum Gasteiger partial charge on any atom is -0.350 e. The topological polar surface area (TPSA) is 49.4 Å². The van der Waals surface area contributed by atoms with Crippen LogP contribution in [-0.4, -0.2) is 29.8 Å². The second kappa shape index (κ2) is 8.29. The zero-order chi connectivity index (χ0) is 17.5. The molecular weight excluding hydrogens is 300 g/mol. The van der Waals surface area contributed by atoms with E-state index in [9.17, 15) is 9.59 Å². The minimum atomic E-state index is -0.148. The fourth-order valence-corrected chi connectivity index (χ4v) is 2.35. The highest BCUT2D eigenvalue weighted by Crippen LogP contribution is 2.11. The van der Waals surface area contributed by atoms with E-state index in [4.69, 9.17) is 0 Å². The van der Waals surface area contributed by atoms with E-state index >= 15 is 0 Å². The van der Waals surface area contributed by atoms with E-state index < -0.39 is 0 Å². The van der Waals surface area contributed by atoms with Gasteiger partial charge in [-0.3, -0.25) is 9.59 Å². The first-order valence-corrected chi connectivity index (χ1v) is 8.21. The summed E-state index contributed by atoms with van der Waals surface area (Å²) in [6, 6.07) is 16.8. The highest BCUT2D eigenvalue weighted by atomic mass is 16.2. The van der Waals surface area contributed by atoms with E-state index in [0.29, 0.717) is 17.7 Å². The summed E-state index contributed by atoms with van der Waals surface area (Å²) in [5.74, 6) is -0.248. The van der Waals surface area contributed by atoms with Gasteiger partial charge in [0.2, 0.25) is 0 Å². The molecule has 0 saturated heterocycles. The van der Waals surface area contributed by atoms with Gasteiger partial charge in [0.05, 0.1) is 0 Å². The summed E-state index contributed by atoms with van der Waals surface area (Å²) in [5, 5.41) is 2.92. The number of hydrogen-bond donors (Lipinski definition) is 1. The van der Waals surface area contributed by atoms with Crippen molar-refractivity contribution in [2.45, 2.75) is 32.9 Å². The molecule has 2 aromatic carbocycles. The number of carbonyl (C=O) groups is 2. The molecule has 1 N–H and O–H groups in total. The van der Waals surface area contributed by atoms with Crippen molar-refractivity contribution in [3.63, 3.8) is 0 Å². The maximum atomic E-state index is 12.6. The SMILES string of the molecule is CCC(C)NC(=O)c1cccc(C(=O)N(C)Cc2ccccc2)c1. The molecule has 0 fully saturated rings. The van der Waals surface area contributed by atoms with Crippen molar-refractivity contribution in [1.82, 2.24) is 10.2 Å². The van der Waals surface area contributed by atoms with Crippen molar-refractivity contribution in [3.8, 4) is 0 Å². The molecule has 2 rings (SSSR count). The van der Waals surface area contributed by atoms with Crippen LogP contribution in [0.4, 0.5) is 0 Å². The van der Waals surface area contributed by atoms with Gasteiger partial charge in [-0.2, -0.15) is 0 Å². The number of rotatable bonds is 6.